The van der Waals surface area contributed by atoms with Gasteiger partial charge in [-0.1, -0.05) is 20.8 Å². The molecule has 7 heteroatoms. The summed E-state index contributed by atoms with van der Waals surface area (Å²) in [6.07, 6.45) is 4.10. The number of nitrogens with zero attached hydrogens (tertiary/aromatic N) is 4. The van der Waals surface area contributed by atoms with Crippen LogP contribution in [0, 0.1) is 10.1 Å². The van der Waals surface area contributed by atoms with E-state index in [1.807, 2.05) is 25.7 Å². The number of aromatic nitrogens is 2. The zero-order valence-electron chi connectivity index (χ0n) is 12.4. The van der Waals surface area contributed by atoms with Crippen LogP contribution in [0.4, 0.5) is 17.3 Å². The highest BCUT2D eigenvalue weighted by Gasteiger charge is 2.26. The lowest BCUT2D eigenvalue weighted by Gasteiger charge is -2.22. The van der Waals surface area contributed by atoms with Gasteiger partial charge >= 0.3 is 5.69 Å². The molecule has 0 radical (unpaired) electrons. The molecule has 0 fully saturated rings. The Morgan fingerprint density at radius 3 is 2.35 bits per heavy atom. The van der Waals surface area contributed by atoms with E-state index in [0.29, 0.717) is 18.2 Å². The van der Waals surface area contributed by atoms with E-state index in [0.717, 1.165) is 32.4 Å². The van der Waals surface area contributed by atoms with Crippen molar-refractivity contribution in [2.75, 3.05) is 29.9 Å². The van der Waals surface area contributed by atoms with Gasteiger partial charge in [-0.2, -0.15) is 0 Å². The van der Waals surface area contributed by atoms with Gasteiger partial charge in [0.15, 0.2) is 0 Å². The van der Waals surface area contributed by atoms with E-state index >= 15 is 0 Å². The number of nitrogens with one attached hydrogen (secondary N) is 1. The summed E-state index contributed by atoms with van der Waals surface area (Å²) in [7, 11) is 0. The van der Waals surface area contributed by atoms with E-state index in [4.69, 9.17) is 0 Å². The Labute approximate surface area is 119 Å². The molecule has 0 saturated carbocycles. The lowest BCUT2D eigenvalue weighted by Crippen LogP contribution is -2.27. The quantitative estimate of drug-likeness (QED) is 0.553. The molecule has 1 N–H and O–H groups in total. The molecule has 112 valence electrons. The summed E-state index contributed by atoms with van der Waals surface area (Å²) in [5.41, 5.74) is -0.0251. The lowest BCUT2D eigenvalue weighted by atomic mass is 10.3. The fourth-order valence-corrected chi connectivity index (χ4v) is 2.01. The van der Waals surface area contributed by atoms with E-state index in [1.165, 1.54) is 6.33 Å². The molecule has 0 atom stereocenters. The van der Waals surface area contributed by atoms with Crippen LogP contribution in [0.2, 0.25) is 0 Å². The summed E-state index contributed by atoms with van der Waals surface area (Å²) in [5.74, 6) is 0.714. The van der Waals surface area contributed by atoms with E-state index in [1.54, 1.807) is 0 Å². The molecule has 0 saturated heterocycles. The molecule has 1 aromatic rings. The maximum atomic E-state index is 11.4. The van der Waals surface area contributed by atoms with E-state index in [2.05, 4.69) is 15.3 Å². The highest BCUT2D eigenvalue weighted by molar-refractivity contribution is 5.70. The van der Waals surface area contributed by atoms with Crippen LogP contribution in [-0.2, 0) is 0 Å². The van der Waals surface area contributed by atoms with Crippen molar-refractivity contribution in [2.24, 2.45) is 0 Å². The van der Waals surface area contributed by atoms with Crippen molar-refractivity contribution in [1.82, 2.24) is 9.97 Å². The Morgan fingerprint density at radius 1 is 1.20 bits per heavy atom. The third kappa shape index (κ3) is 4.04. The van der Waals surface area contributed by atoms with Gasteiger partial charge in [0.1, 0.15) is 6.33 Å². The summed E-state index contributed by atoms with van der Waals surface area (Å²) < 4.78 is 0. The Bertz CT molecular complexity index is 433. The van der Waals surface area contributed by atoms with Crippen LogP contribution in [0.3, 0.4) is 0 Å². The van der Waals surface area contributed by atoms with Crippen LogP contribution in [-0.4, -0.2) is 34.5 Å². The molecule has 7 nitrogen and oxygen atoms in total. The van der Waals surface area contributed by atoms with Crippen molar-refractivity contribution in [3.05, 3.63) is 16.4 Å². The maximum absolute atomic E-state index is 11.4. The first-order chi connectivity index (χ1) is 9.65. The average molecular weight is 281 g/mol. The minimum atomic E-state index is -0.397. The monoisotopic (exact) mass is 281 g/mol. The summed E-state index contributed by atoms with van der Waals surface area (Å²) in [6.45, 7) is 8.25. The van der Waals surface area contributed by atoms with Gasteiger partial charge in [-0.15, -0.1) is 0 Å². The summed E-state index contributed by atoms with van der Waals surface area (Å²) >= 11 is 0. The number of hydrogen-bond acceptors (Lipinski definition) is 6. The zero-order chi connectivity index (χ0) is 15.0. The molecule has 0 aliphatic heterocycles. The van der Waals surface area contributed by atoms with Gasteiger partial charge in [0.25, 0.3) is 0 Å². The molecular formula is C13H23N5O2. The van der Waals surface area contributed by atoms with Gasteiger partial charge in [-0.05, 0) is 19.3 Å². The maximum Gasteiger partial charge on any atom is 0.353 e. The number of hydrogen-bond donors (Lipinski definition) is 1. The van der Waals surface area contributed by atoms with Gasteiger partial charge in [0.05, 0.1) is 4.92 Å². The van der Waals surface area contributed by atoms with Crippen molar-refractivity contribution in [3.8, 4) is 0 Å². The Hall–Kier alpha value is -1.92. The largest absolute Gasteiger partial charge is 0.364 e. The van der Waals surface area contributed by atoms with Gasteiger partial charge in [-0.3, -0.25) is 10.1 Å². The highest BCUT2D eigenvalue weighted by Crippen LogP contribution is 2.31. The highest BCUT2D eigenvalue weighted by atomic mass is 16.6. The first kappa shape index (κ1) is 16.1. The van der Waals surface area contributed by atoms with E-state index in [-0.39, 0.29) is 5.69 Å². The standard InChI is InChI=1S/C13H23N5O2/c1-4-7-14-12-11(18(19)20)13(16-10-15-12)17(8-5-2)9-6-3/h10H,4-9H2,1-3H3,(H,14,15,16). The number of anilines is 2. The topological polar surface area (TPSA) is 84.2 Å². The van der Waals surface area contributed by atoms with Crippen molar-refractivity contribution in [2.45, 2.75) is 40.0 Å². The second kappa shape index (κ2) is 8.29. The molecule has 0 unspecified atom stereocenters. The molecule has 0 aliphatic rings. The van der Waals surface area contributed by atoms with Crippen LogP contribution < -0.4 is 10.2 Å². The van der Waals surface area contributed by atoms with E-state index < -0.39 is 4.92 Å². The third-order valence-corrected chi connectivity index (χ3v) is 2.81. The second-order valence-electron chi connectivity index (χ2n) is 4.57. The molecule has 0 spiro atoms. The van der Waals surface area contributed by atoms with Crippen LogP contribution in [0.25, 0.3) is 0 Å². The fraction of sp³-hybridized carbons (Fsp3) is 0.692. The normalized spacial score (nSPS) is 10.3. The molecule has 0 aliphatic carbocycles. The van der Waals surface area contributed by atoms with Crippen molar-refractivity contribution in [3.63, 3.8) is 0 Å². The van der Waals surface area contributed by atoms with E-state index in [9.17, 15) is 10.1 Å². The third-order valence-electron chi connectivity index (χ3n) is 2.81. The zero-order valence-corrected chi connectivity index (χ0v) is 12.4. The van der Waals surface area contributed by atoms with Crippen molar-refractivity contribution >= 4 is 17.3 Å². The molecule has 0 amide bonds. The summed E-state index contributed by atoms with van der Waals surface area (Å²) in [6, 6.07) is 0. The van der Waals surface area contributed by atoms with Crippen LogP contribution in [0.5, 0.6) is 0 Å². The second-order valence-corrected chi connectivity index (χ2v) is 4.57. The Balaban J connectivity index is 3.18. The molecule has 20 heavy (non-hydrogen) atoms. The van der Waals surface area contributed by atoms with Crippen LogP contribution >= 0.6 is 0 Å². The predicted octanol–water partition coefficient (Wildman–Crippen LogP) is 2.83. The SMILES string of the molecule is CCCNc1ncnc(N(CCC)CCC)c1[N+](=O)[O-]. The van der Waals surface area contributed by atoms with Gasteiger partial charge in [0.2, 0.25) is 11.6 Å². The molecular weight excluding hydrogens is 258 g/mol. The first-order valence-electron chi connectivity index (χ1n) is 7.13. The average Bonchev–Trinajstić information content (AvgIpc) is 2.44. The summed E-state index contributed by atoms with van der Waals surface area (Å²) in [5, 5.41) is 14.4. The smallest absolute Gasteiger partial charge is 0.353 e. The molecule has 1 rings (SSSR count). The van der Waals surface area contributed by atoms with Gasteiger partial charge < -0.3 is 10.2 Å². The van der Waals surface area contributed by atoms with Crippen molar-refractivity contribution in [1.29, 1.82) is 0 Å². The molecule has 1 aromatic heterocycles. The van der Waals surface area contributed by atoms with Crippen molar-refractivity contribution < 1.29 is 4.92 Å². The Morgan fingerprint density at radius 2 is 1.85 bits per heavy atom. The van der Waals surface area contributed by atoms with Crippen LogP contribution in [0.15, 0.2) is 6.33 Å². The molecule has 0 aromatic carbocycles. The number of nitro groups is 1. The minimum Gasteiger partial charge on any atom is -0.364 e. The summed E-state index contributed by atoms with van der Waals surface area (Å²) in [4.78, 5) is 21.1. The number of rotatable bonds is 9. The fourth-order valence-electron chi connectivity index (χ4n) is 2.01. The minimum absolute atomic E-state index is 0.0251. The predicted molar refractivity (Wildman–Crippen MR) is 80.3 cm³/mol. The molecule has 1 heterocycles. The van der Waals surface area contributed by atoms with Gasteiger partial charge in [-0.25, -0.2) is 9.97 Å². The van der Waals surface area contributed by atoms with Crippen LogP contribution in [0.1, 0.15) is 40.0 Å². The molecule has 0 bridgehead atoms. The first-order valence-corrected chi connectivity index (χ1v) is 7.13. The lowest BCUT2D eigenvalue weighted by molar-refractivity contribution is -0.383. The van der Waals surface area contributed by atoms with Gasteiger partial charge in [0, 0.05) is 19.6 Å². The Kier molecular flexibility index (Phi) is 6.69.